The van der Waals surface area contributed by atoms with Crippen molar-refractivity contribution in [3.05, 3.63) is 60.2 Å². The van der Waals surface area contributed by atoms with Gasteiger partial charge in [-0.2, -0.15) is 0 Å². The highest BCUT2D eigenvalue weighted by atomic mass is 16.5. The predicted octanol–water partition coefficient (Wildman–Crippen LogP) is 4.08. The Morgan fingerprint density at radius 1 is 1.12 bits per heavy atom. The molecule has 3 rings (SSSR count). The number of likely N-dealkylation sites (tertiary alicyclic amines) is 1. The van der Waals surface area contributed by atoms with Gasteiger partial charge < -0.3 is 15.0 Å². The number of benzene rings is 2. The van der Waals surface area contributed by atoms with Crippen LogP contribution in [0, 0.1) is 0 Å². The Labute approximate surface area is 156 Å². The summed E-state index contributed by atoms with van der Waals surface area (Å²) in [7, 11) is 0. The largest absolute Gasteiger partial charge is 0.484 e. The molecule has 4 nitrogen and oxygen atoms in total. The van der Waals surface area contributed by atoms with E-state index in [-0.39, 0.29) is 17.9 Å². The highest BCUT2D eigenvalue weighted by molar-refractivity contribution is 5.78. The molecule has 1 aliphatic heterocycles. The number of amides is 1. The summed E-state index contributed by atoms with van der Waals surface area (Å²) < 4.78 is 5.69. The number of nitrogens with zero attached hydrogens (tertiary/aromatic N) is 1. The summed E-state index contributed by atoms with van der Waals surface area (Å²) in [6.07, 6.45) is 0.959. The Balaban J connectivity index is 1.47. The average molecular weight is 352 g/mol. The monoisotopic (exact) mass is 352 g/mol. The molecule has 1 saturated heterocycles. The Morgan fingerprint density at radius 2 is 1.81 bits per heavy atom. The number of carbonyl (C=O) groups excluding carboxylic acids is 1. The van der Waals surface area contributed by atoms with E-state index < -0.39 is 0 Å². The summed E-state index contributed by atoms with van der Waals surface area (Å²) in [6.45, 7) is 8.13. The molecule has 138 valence electrons. The van der Waals surface area contributed by atoms with Crippen LogP contribution in [0.2, 0.25) is 0 Å². The number of hydrogen-bond donors (Lipinski definition) is 1. The lowest BCUT2D eigenvalue weighted by atomic mass is 9.87. The van der Waals surface area contributed by atoms with Crippen molar-refractivity contribution in [1.29, 1.82) is 0 Å². The van der Waals surface area contributed by atoms with Crippen molar-refractivity contribution in [2.75, 3.05) is 25.0 Å². The van der Waals surface area contributed by atoms with Crippen LogP contribution in [0.15, 0.2) is 54.6 Å². The lowest BCUT2D eigenvalue weighted by molar-refractivity contribution is -0.132. The molecular formula is C22H28N2O2. The number of ether oxygens (including phenoxy) is 1. The Bertz CT molecular complexity index is 720. The number of rotatable bonds is 5. The van der Waals surface area contributed by atoms with Gasteiger partial charge in [-0.15, -0.1) is 0 Å². The van der Waals surface area contributed by atoms with E-state index in [2.05, 4.69) is 50.4 Å². The molecule has 1 unspecified atom stereocenters. The highest BCUT2D eigenvalue weighted by Crippen LogP contribution is 2.24. The average Bonchev–Trinajstić information content (AvgIpc) is 3.09. The van der Waals surface area contributed by atoms with Gasteiger partial charge in [0.2, 0.25) is 0 Å². The van der Waals surface area contributed by atoms with Gasteiger partial charge in [0.15, 0.2) is 6.61 Å². The zero-order valence-corrected chi connectivity index (χ0v) is 15.9. The molecule has 0 saturated carbocycles. The molecule has 0 spiro atoms. The van der Waals surface area contributed by atoms with Gasteiger partial charge in [-0.25, -0.2) is 0 Å². The second-order valence-electron chi connectivity index (χ2n) is 7.90. The van der Waals surface area contributed by atoms with Gasteiger partial charge in [-0.05, 0) is 41.7 Å². The third kappa shape index (κ3) is 4.78. The maximum atomic E-state index is 12.4. The fourth-order valence-corrected chi connectivity index (χ4v) is 3.16. The molecule has 1 amide bonds. The molecule has 0 bridgehead atoms. The molecule has 0 aromatic heterocycles. The summed E-state index contributed by atoms with van der Waals surface area (Å²) in [5.41, 5.74) is 2.47. The predicted molar refractivity (Wildman–Crippen MR) is 106 cm³/mol. The zero-order valence-electron chi connectivity index (χ0n) is 15.9. The van der Waals surface area contributed by atoms with Crippen molar-refractivity contribution in [1.82, 2.24) is 4.90 Å². The van der Waals surface area contributed by atoms with E-state index in [9.17, 15) is 4.79 Å². The topological polar surface area (TPSA) is 41.6 Å². The van der Waals surface area contributed by atoms with E-state index in [0.717, 1.165) is 30.9 Å². The first-order valence-corrected chi connectivity index (χ1v) is 9.24. The van der Waals surface area contributed by atoms with Gasteiger partial charge in [-0.1, -0.05) is 51.1 Å². The van der Waals surface area contributed by atoms with Crippen molar-refractivity contribution in [2.45, 2.75) is 38.6 Å². The molecule has 0 aliphatic carbocycles. The third-order valence-electron chi connectivity index (χ3n) is 4.77. The highest BCUT2D eigenvalue weighted by Gasteiger charge is 2.26. The van der Waals surface area contributed by atoms with Gasteiger partial charge in [0.25, 0.3) is 5.91 Å². The SMILES string of the molecule is CC(C)(C)c1ccc(OCC(=O)N2CCC(Nc3ccccc3)C2)cc1. The normalized spacial score (nSPS) is 17.2. The smallest absolute Gasteiger partial charge is 0.260 e. The molecule has 2 aromatic carbocycles. The van der Waals surface area contributed by atoms with Crippen LogP contribution in [0.3, 0.4) is 0 Å². The minimum Gasteiger partial charge on any atom is -0.484 e. The molecule has 4 heteroatoms. The van der Waals surface area contributed by atoms with Crippen molar-refractivity contribution in [3.63, 3.8) is 0 Å². The molecule has 1 fully saturated rings. The second kappa shape index (κ2) is 7.81. The summed E-state index contributed by atoms with van der Waals surface area (Å²) in [5, 5.41) is 3.49. The Morgan fingerprint density at radius 3 is 2.46 bits per heavy atom. The summed E-state index contributed by atoms with van der Waals surface area (Å²) in [5.74, 6) is 0.784. The van der Waals surface area contributed by atoms with Crippen LogP contribution in [-0.4, -0.2) is 36.5 Å². The summed E-state index contributed by atoms with van der Waals surface area (Å²) >= 11 is 0. The minimum absolute atomic E-state index is 0.0438. The minimum atomic E-state index is 0.0438. The molecule has 26 heavy (non-hydrogen) atoms. The maximum Gasteiger partial charge on any atom is 0.260 e. The van der Waals surface area contributed by atoms with Crippen LogP contribution < -0.4 is 10.1 Å². The van der Waals surface area contributed by atoms with E-state index in [4.69, 9.17) is 4.74 Å². The molecule has 1 atom stereocenters. The van der Waals surface area contributed by atoms with Crippen LogP contribution in [0.25, 0.3) is 0 Å². The van der Waals surface area contributed by atoms with E-state index in [0.29, 0.717) is 6.04 Å². The first-order valence-electron chi connectivity index (χ1n) is 9.24. The molecule has 2 aromatic rings. The number of nitrogens with one attached hydrogen (secondary N) is 1. The summed E-state index contributed by atoms with van der Waals surface area (Å²) in [6, 6.07) is 18.4. The number of carbonyl (C=O) groups is 1. The van der Waals surface area contributed by atoms with Gasteiger partial charge in [0.1, 0.15) is 5.75 Å². The second-order valence-corrected chi connectivity index (χ2v) is 7.90. The fourth-order valence-electron chi connectivity index (χ4n) is 3.16. The lowest BCUT2D eigenvalue weighted by Crippen LogP contribution is -2.35. The number of anilines is 1. The third-order valence-corrected chi connectivity index (χ3v) is 4.77. The first kappa shape index (κ1) is 18.3. The van der Waals surface area contributed by atoms with Crippen molar-refractivity contribution in [3.8, 4) is 5.75 Å². The van der Waals surface area contributed by atoms with Crippen LogP contribution >= 0.6 is 0 Å². The van der Waals surface area contributed by atoms with Crippen LogP contribution in [0.4, 0.5) is 5.69 Å². The molecule has 1 N–H and O–H groups in total. The number of hydrogen-bond acceptors (Lipinski definition) is 3. The van der Waals surface area contributed by atoms with E-state index in [1.54, 1.807) is 0 Å². The van der Waals surface area contributed by atoms with Gasteiger partial charge >= 0.3 is 0 Å². The fraction of sp³-hybridized carbons (Fsp3) is 0.409. The molecule has 1 aliphatic rings. The van der Waals surface area contributed by atoms with Crippen LogP contribution in [0.5, 0.6) is 5.75 Å². The quantitative estimate of drug-likeness (QED) is 0.882. The standard InChI is InChI=1S/C22H28N2O2/c1-22(2,3)17-9-11-20(12-10-17)26-16-21(25)24-14-13-19(15-24)23-18-7-5-4-6-8-18/h4-12,19,23H,13-16H2,1-3H3. The van der Waals surface area contributed by atoms with Crippen LogP contribution in [-0.2, 0) is 10.2 Å². The summed E-state index contributed by atoms with van der Waals surface area (Å²) in [4.78, 5) is 14.3. The van der Waals surface area contributed by atoms with E-state index >= 15 is 0 Å². The van der Waals surface area contributed by atoms with Crippen molar-refractivity contribution >= 4 is 11.6 Å². The molecule has 1 heterocycles. The van der Waals surface area contributed by atoms with Crippen LogP contribution in [0.1, 0.15) is 32.8 Å². The lowest BCUT2D eigenvalue weighted by Gasteiger charge is -2.20. The van der Waals surface area contributed by atoms with E-state index in [1.807, 2.05) is 35.2 Å². The van der Waals surface area contributed by atoms with Gasteiger partial charge in [-0.3, -0.25) is 4.79 Å². The zero-order chi connectivity index (χ0) is 18.6. The molecule has 0 radical (unpaired) electrons. The van der Waals surface area contributed by atoms with E-state index in [1.165, 1.54) is 5.56 Å². The Hall–Kier alpha value is -2.49. The van der Waals surface area contributed by atoms with Crippen molar-refractivity contribution < 1.29 is 9.53 Å². The van der Waals surface area contributed by atoms with Crippen molar-refractivity contribution in [2.24, 2.45) is 0 Å². The molecular weight excluding hydrogens is 324 g/mol. The maximum absolute atomic E-state index is 12.4. The Kier molecular flexibility index (Phi) is 5.50. The van der Waals surface area contributed by atoms with Gasteiger partial charge in [0.05, 0.1) is 0 Å². The van der Waals surface area contributed by atoms with Gasteiger partial charge in [0, 0.05) is 24.8 Å². The first-order chi connectivity index (χ1) is 12.4. The number of para-hydroxylation sites is 1.